The Balaban J connectivity index is 2.28. The number of halogens is 3. The van der Waals surface area contributed by atoms with Crippen molar-refractivity contribution in [3.63, 3.8) is 0 Å². The first-order chi connectivity index (χ1) is 8.60. The van der Waals surface area contributed by atoms with Crippen molar-refractivity contribution in [3.05, 3.63) is 58.1 Å². The fourth-order valence-electron chi connectivity index (χ4n) is 1.43. The van der Waals surface area contributed by atoms with Crippen LogP contribution in [0, 0.1) is 11.6 Å². The van der Waals surface area contributed by atoms with Gasteiger partial charge in [0.25, 0.3) is 0 Å². The van der Waals surface area contributed by atoms with E-state index in [1.807, 2.05) is 0 Å². The van der Waals surface area contributed by atoms with Gasteiger partial charge in [0.1, 0.15) is 0 Å². The minimum atomic E-state index is -0.569. The molecule has 2 nitrogen and oxygen atoms in total. The molecule has 18 heavy (non-hydrogen) atoms. The average molecular weight is 314 g/mol. The van der Waals surface area contributed by atoms with Gasteiger partial charge in [-0.3, -0.25) is 0 Å². The molecule has 0 bridgehead atoms. The third-order valence-electron chi connectivity index (χ3n) is 2.35. The highest BCUT2D eigenvalue weighted by atomic mass is 79.9. The van der Waals surface area contributed by atoms with E-state index in [1.165, 1.54) is 24.3 Å². The Morgan fingerprint density at radius 1 is 1.00 bits per heavy atom. The molecule has 0 aliphatic rings. The largest absolute Gasteiger partial charge is 0.451 e. The standard InChI is InChI=1S/C13H10BrF2NO/c14-9-2-4-13(11(16)6-9)18-12-3-1-8(7-17)5-10(12)15/h1-6H,7,17H2. The molecular formula is C13H10BrF2NO. The fourth-order valence-corrected chi connectivity index (χ4v) is 1.76. The van der Waals surface area contributed by atoms with Gasteiger partial charge in [0.15, 0.2) is 23.1 Å². The molecule has 0 saturated heterocycles. The molecule has 2 aromatic carbocycles. The molecule has 0 fully saturated rings. The second-order valence-corrected chi connectivity index (χ2v) is 4.56. The average Bonchev–Trinajstić information content (AvgIpc) is 2.34. The van der Waals surface area contributed by atoms with Crippen LogP contribution in [-0.2, 0) is 6.54 Å². The third-order valence-corrected chi connectivity index (χ3v) is 2.84. The van der Waals surface area contributed by atoms with E-state index < -0.39 is 11.6 Å². The van der Waals surface area contributed by atoms with Gasteiger partial charge < -0.3 is 10.5 Å². The molecule has 0 aliphatic heterocycles. The summed E-state index contributed by atoms with van der Waals surface area (Å²) in [6.45, 7) is 0.240. The smallest absolute Gasteiger partial charge is 0.166 e. The van der Waals surface area contributed by atoms with E-state index in [0.717, 1.165) is 0 Å². The van der Waals surface area contributed by atoms with E-state index >= 15 is 0 Å². The van der Waals surface area contributed by atoms with Crippen LogP contribution in [0.1, 0.15) is 5.56 Å². The molecule has 2 rings (SSSR count). The van der Waals surface area contributed by atoms with Gasteiger partial charge in [0.05, 0.1) is 0 Å². The lowest BCUT2D eigenvalue weighted by Gasteiger charge is -2.08. The topological polar surface area (TPSA) is 35.2 Å². The van der Waals surface area contributed by atoms with Crippen LogP contribution in [0.4, 0.5) is 8.78 Å². The van der Waals surface area contributed by atoms with Crippen molar-refractivity contribution < 1.29 is 13.5 Å². The first-order valence-electron chi connectivity index (χ1n) is 5.21. The van der Waals surface area contributed by atoms with E-state index in [-0.39, 0.29) is 18.0 Å². The Hall–Kier alpha value is -1.46. The molecule has 5 heteroatoms. The summed E-state index contributed by atoms with van der Waals surface area (Å²) >= 11 is 3.13. The number of benzene rings is 2. The second kappa shape index (κ2) is 5.46. The van der Waals surface area contributed by atoms with Gasteiger partial charge in [-0.15, -0.1) is 0 Å². The third kappa shape index (κ3) is 2.86. The summed E-state index contributed by atoms with van der Waals surface area (Å²) in [6, 6.07) is 8.63. The van der Waals surface area contributed by atoms with Gasteiger partial charge in [-0.2, -0.15) is 0 Å². The van der Waals surface area contributed by atoms with Gasteiger partial charge in [0.2, 0.25) is 0 Å². The predicted octanol–water partition coefficient (Wildman–Crippen LogP) is 3.98. The maximum Gasteiger partial charge on any atom is 0.166 e. The van der Waals surface area contributed by atoms with Crippen LogP contribution >= 0.6 is 15.9 Å². The fraction of sp³-hybridized carbons (Fsp3) is 0.0769. The molecule has 0 unspecified atom stereocenters. The summed E-state index contributed by atoms with van der Waals surface area (Å²) in [7, 11) is 0. The van der Waals surface area contributed by atoms with Crippen molar-refractivity contribution in [2.24, 2.45) is 5.73 Å². The molecule has 0 radical (unpaired) electrons. The Bertz CT molecular complexity index is 575. The Morgan fingerprint density at radius 2 is 1.61 bits per heavy atom. The number of hydrogen-bond donors (Lipinski definition) is 1. The zero-order chi connectivity index (χ0) is 13.1. The highest BCUT2D eigenvalue weighted by Crippen LogP contribution is 2.28. The lowest BCUT2D eigenvalue weighted by atomic mass is 10.2. The molecule has 0 aromatic heterocycles. The SMILES string of the molecule is NCc1ccc(Oc2ccc(Br)cc2F)c(F)c1. The van der Waals surface area contributed by atoms with E-state index in [4.69, 9.17) is 10.5 Å². The maximum absolute atomic E-state index is 13.6. The number of rotatable bonds is 3. The summed E-state index contributed by atoms with van der Waals surface area (Å²) in [4.78, 5) is 0. The summed E-state index contributed by atoms with van der Waals surface area (Å²) < 4.78 is 32.9. The van der Waals surface area contributed by atoms with Gasteiger partial charge in [0, 0.05) is 11.0 Å². The molecular weight excluding hydrogens is 304 g/mol. The highest BCUT2D eigenvalue weighted by molar-refractivity contribution is 9.10. The molecule has 2 aromatic rings. The lowest BCUT2D eigenvalue weighted by molar-refractivity contribution is 0.414. The molecule has 2 N–H and O–H groups in total. The summed E-state index contributed by atoms with van der Waals surface area (Å²) in [5, 5.41) is 0. The lowest BCUT2D eigenvalue weighted by Crippen LogP contribution is -1.98. The quantitative estimate of drug-likeness (QED) is 0.930. The Morgan fingerprint density at radius 3 is 2.17 bits per heavy atom. The molecule has 0 saturated carbocycles. The molecule has 94 valence electrons. The predicted molar refractivity (Wildman–Crippen MR) is 68.5 cm³/mol. The van der Waals surface area contributed by atoms with Crippen molar-refractivity contribution in [1.29, 1.82) is 0 Å². The van der Waals surface area contributed by atoms with Crippen LogP contribution < -0.4 is 10.5 Å². The second-order valence-electron chi connectivity index (χ2n) is 3.65. The summed E-state index contributed by atoms with van der Waals surface area (Å²) in [5.74, 6) is -1.20. The van der Waals surface area contributed by atoms with Crippen LogP contribution in [0.25, 0.3) is 0 Å². The molecule has 0 atom stereocenters. The first kappa shape index (κ1) is 13.0. The van der Waals surface area contributed by atoms with E-state index in [0.29, 0.717) is 10.0 Å². The van der Waals surface area contributed by atoms with E-state index in [1.54, 1.807) is 12.1 Å². The molecule has 0 spiro atoms. The van der Waals surface area contributed by atoms with Crippen molar-refractivity contribution in [2.45, 2.75) is 6.54 Å². The number of ether oxygens (including phenoxy) is 1. The van der Waals surface area contributed by atoms with Crippen molar-refractivity contribution in [3.8, 4) is 11.5 Å². The van der Waals surface area contributed by atoms with E-state index in [9.17, 15) is 8.78 Å². The van der Waals surface area contributed by atoms with Gasteiger partial charge in [-0.05, 0) is 35.9 Å². The minimum absolute atomic E-state index is 0.0300. The first-order valence-corrected chi connectivity index (χ1v) is 6.01. The molecule has 0 amide bonds. The van der Waals surface area contributed by atoms with Crippen LogP contribution in [-0.4, -0.2) is 0 Å². The monoisotopic (exact) mass is 313 g/mol. The van der Waals surface area contributed by atoms with E-state index in [2.05, 4.69) is 15.9 Å². The van der Waals surface area contributed by atoms with Gasteiger partial charge in [-0.25, -0.2) is 8.78 Å². The number of nitrogens with two attached hydrogens (primary N) is 1. The van der Waals surface area contributed by atoms with Crippen LogP contribution in [0.2, 0.25) is 0 Å². The normalized spacial score (nSPS) is 10.4. The summed E-state index contributed by atoms with van der Waals surface area (Å²) in [6.07, 6.45) is 0. The van der Waals surface area contributed by atoms with Crippen LogP contribution in [0.3, 0.4) is 0 Å². The van der Waals surface area contributed by atoms with Gasteiger partial charge in [-0.1, -0.05) is 22.0 Å². The maximum atomic E-state index is 13.6. The summed E-state index contributed by atoms with van der Waals surface area (Å²) in [5.41, 5.74) is 6.04. The zero-order valence-corrected chi connectivity index (χ0v) is 10.9. The minimum Gasteiger partial charge on any atom is -0.451 e. The van der Waals surface area contributed by atoms with Crippen LogP contribution in [0.5, 0.6) is 11.5 Å². The van der Waals surface area contributed by atoms with Crippen LogP contribution in [0.15, 0.2) is 40.9 Å². The molecule has 0 aliphatic carbocycles. The highest BCUT2D eigenvalue weighted by Gasteiger charge is 2.09. The Labute approximate surface area is 112 Å². The Kier molecular flexibility index (Phi) is 3.93. The molecule has 0 heterocycles. The zero-order valence-electron chi connectivity index (χ0n) is 9.29. The van der Waals surface area contributed by atoms with Gasteiger partial charge >= 0.3 is 0 Å². The van der Waals surface area contributed by atoms with Crippen molar-refractivity contribution in [2.75, 3.05) is 0 Å². The van der Waals surface area contributed by atoms with Crippen molar-refractivity contribution in [1.82, 2.24) is 0 Å². The van der Waals surface area contributed by atoms with Crippen molar-refractivity contribution >= 4 is 15.9 Å². The number of hydrogen-bond acceptors (Lipinski definition) is 2.